The van der Waals surface area contributed by atoms with Gasteiger partial charge in [-0.1, -0.05) is 41.9 Å². The zero-order chi connectivity index (χ0) is 11.7. The van der Waals surface area contributed by atoms with Gasteiger partial charge < -0.3 is 5.32 Å². The Morgan fingerprint density at radius 1 is 1.44 bits per heavy atom. The fourth-order valence-electron chi connectivity index (χ4n) is 1.30. The molecule has 2 nitrogen and oxygen atoms in total. The van der Waals surface area contributed by atoms with Crippen molar-refractivity contribution in [3.05, 3.63) is 28.0 Å². The van der Waals surface area contributed by atoms with E-state index in [0.717, 1.165) is 11.7 Å². The topological polar surface area (TPSA) is 24.4 Å². The van der Waals surface area contributed by atoms with Crippen molar-refractivity contribution in [3.8, 4) is 0 Å². The number of aliphatic imine (C=N–C) groups is 1. The molecule has 86 valence electrons. The van der Waals surface area contributed by atoms with Crippen LogP contribution in [0.4, 0.5) is 10.1 Å². The summed E-state index contributed by atoms with van der Waals surface area (Å²) in [6, 6.07) is 2.99. The number of nitrogens with one attached hydrogen (secondary N) is 1. The second-order valence-corrected chi connectivity index (χ2v) is 5.69. The molecule has 16 heavy (non-hydrogen) atoms. The molecule has 2 rings (SSSR count). The van der Waals surface area contributed by atoms with Crippen molar-refractivity contribution < 1.29 is 4.39 Å². The van der Waals surface area contributed by atoms with Crippen molar-refractivity contribution in [3.63, 3.8) is 0 Å². The maximum atomic E-state index is 13.2. The van der Waals surface area contributed by atoms with Crippen LogP contribution in [-0.2, 0) is 0 Å². The minimum Gasteiger partial charge on any atom is -0.335 e. The lowest BCUT2D eigenvalue weighted by Crippen LogP contribution is -2.06. The first kappa shape index (κ1) is 12.0. The summed E-state index contributed by atoms with van der Waals surface area (Å²) in [4.78, 5) is 4.28. The minimum atomic E-state index is -0.594. The normalized spacial score (nSPS) is 19.8. The number of halogens is 3. The molecule has 0 aliphatic carbocycles. The number of rotatable bonds is 1. The third-order valence-corrected chi connectivity index (χ3v) is 3.60. The summed E-state index contributed by atoms with van der Waals surface area (Å²) < 4.78 is 13.2. The van der Waals surface area contributed by atoms with E-state index in [9.17, 15) is 4.39 Å². The zero-order valence-electron chi connectivity index (χ0n) is 8.43. The van der Waals surface area contributed by atoms with Crippen LogP contribution in [0.5, 0.6) is 0 Å². The summed E-state index contributed by atoms with van der Waals surface area (Å²) in [6.45, 7) is 2.88. The van der Waals surface area contributed by atoms with E-state index in [1.165, 1.54) is 12.1 Å². The molecule has 6 heteroatoms. The van der Waals surface area contributed by atoms with E-state index in [1.54, 1.807) is 11.8 Å². The van der Waals surface area contributed by atoms with Gasteiger partial charge in [-0.15, -0.1) is 0 Å². The number of thioether (sulfide) groups is 1. The van der Waals surface area contributed by atoms with Gasteiger partial charge in [0, 0.05) is 10.9 Å². The highest BCUT2D eigenvalue weighted by molar-refractivity contribution is 8.15. The second kappa shape index (κ2) is 4.82. The fraction of sp³-hybridized carbons (Fsp3) is 0.300. The predicted octanol–water partition coefficient (Wildman–Crippen LogP) is 4.04. The lowest BCUT2D eigenvalue weighted by molar-refractivity contribution is 0.629. The summed E-state index contributed by atoms with van der Waals surface area (Å²) in [5.41, 5.74) is 0.650. The monoisotopic (exact) mass is 278 g/mol. The van der Waals surface area contributed by atoms with Crippen LogP contribution in [0.25, 0.3) is 0 Å². The number of benzene rings is 1. The molecule has 0 radical (unpaired) electrons. The maximum Gasteiger partial charge on any atom is 0.161 e. The molecular weight excluding hydrogens is 270 g/mol. The van der Waals surface area contributed by atoms with Crippen molar-refractivity contribution in [1.29, 1.82) is 0 Å². The van der Waals surface area contributed by atoms with Crippen LogP contribution < -0.4 is 5.32 Å². The first-order valence-electron chi connectivity index (χ1n) is 4.69. The number of nitrogens with zero attached hydrogens (tertiary/aromatic N) is 1. The van der Waals surface area contributed by atoms with E-state index in [0.29, 0.717) is 10.9 Å². The smallest absolute Gasteiger partial charge is 0.161 e. The molecule has 0 saturated heterocycles. The Morgan fingerprint density at radius 3 is 2.56 bits per heavy atom. The molecule has 1 aliphatic rings. The van der Waals surface area contributed by atoms with Gasteiger partial charge in [0.1, 0.15) is 0 Å². The van der Waals surface area contributed by atoms with Gasteiger partial charge in [0.05, 0.1) is 16.6 Å². The minimum absolute atomic E-state index is 0.00615. The number of amidine groups is 1. The average molecular weight is 279 g/mol. The van der Waals surface area contributed by atoms with E-state index in [4.69, 9.17) is 23.2 Å². The standard InChI is InChI=1S/C10H9Cl2FN2S/c1-5-4-14-10(16-5)15-6-2-7(11)9(13)8(12)3-6/h2-3,5H,4H2,1H3,(H,14,15). The first-order valence-corrected chi connectivity index (χ1v) is 6.32. The molecule has 1 aromatic carbocycles. The van der Waals surface area contributed by atoms with Crippen LogP contribution >= 0.6 is 35.0 Å². The Hall–Kier alpha value is -0.450. The van der Waals surface area contributed by atoms with E-state index >= 15 is 0 Å². The highest BCUT2D eigenvalue weighted by atomic mass is 35.5. The van der Waals surface area contributed by atoms with E-state index in [-0.39, 0.29) is 10.0 Å². The molecule has 0 aromatic heterocycles. The van der Waals surface area contributed by atoms with Gasteiger partial charge in [-0.25, -0.2) is 4.39 Å². The van der Waals surface area contributed by atoms with Crippen molar-refractivity contribution >= 4 is 45.8 Å². The first-order chi connectivity index (χ1) is 7.56. The molecule has 0 fully saturated rings. The van der Waals surface area contributed by atoms with Crippen molar-refractivity contribution in [1.82, 2.24) is 0 Å². The van der Waals surface area contributed by atoms with Crippen molar-refractivity contribution in [2.45, 2.75) is 12.2 Å². The summed E-state index contributed by atoms with van der Waals surface area (Å²) in [6.07, 6.45) is 0. The number of hydrogen-bond acceptors (Lipinski definition) is 3. The Balaban J connectivity index is 2.16. The summed E-state index contributed by atoms with van der Waals surface area (Å²) in [5, 5.41) is 4.35. The molecule has 0 saturated carbocycles. The van der Waals surface area contributed by atoms with Gasteiger partial charge in [0.2, 0.25) is 0 Å². The van der Waals surface area contributed by atoms with Gasteiger partial charge in [-0.3, -0.25) is 4.99 Å². The number of anilines is 1. The van der Waals surface area contributed by atoms with E-state index in [1.807, 2.05) is 0 Å². The Labute approximate surface area is 107 Å². The van der Waals surface area contributed by atoms with E-state index in [2.05, 4.69) is 17.2 Å². The quantitative estimate of drug-likeness (QED) is 0.785. The van der Waals surface area contributed by atoms with Crippen LogP contribution in [0.15, 0.2) is 17.1 Å². The zero-order valence-corrected chi connectivity index (χ0v) is 10.8. The van der Waals surface area contributed by atoms with Crippen molar-refractivity contribution in [2.75, 3.05) is 11.9 Å². The Kier molecular flexibility index (Phi) is 3.62. The lowest BCUT2D eigenvalue weighted by Gasteiger charge is -2.07. The molecular formula is C10H9Cl2FN2S. The third-order valence-electron chi connectivity index (χ3n) is 2.04. The van der Waals surface area contributed by atoms with Crippen LogP contribution in [0, 0.1) is 5.82 Å². The summed E-state index contributed by atoms with van der Waals surface area (Å²) in [7, 11) is 0. The summed E-state index contributed by atoms with van der Waals surface area (Å²) >= 11 is 13.0. The molecule has 0 amide bonds. The van der Waals surface area contributed by atoms with Gasteiger partial charge >= 0.3 is 0 Å². The molecule has 1 aromatic rings. The highest BCUT2D eigenvalue weighted by Crippen LogP contribution is 2.29. The molecule has 1 aliphatic heterocycles. The van der Waals surface area contributed by atoms with Crippen LogP contribution in [0.1, 0.15) is 6.92 Å². The van der Waals surface area contributed by atoms with Gasteiger partial charge in [0.25, 0.3) is 0 Å². The van der Waals surface area contributed by atoms with Crippen LogP contribution in [0.3, 0.4) is 0 Å². The average Bonchev–Trinajstić information content (AvgIpc) is 2.60. The fourth-order valence-corrected chi connectivity index (χ4v) is 2.64. The third kappa shape index (κ3) is 2.62. The predicted molar refractivity (Wildman–Crippen MR) is 69.4 cm³/mol. The van der Waals surface area contributed by atoms with Gasteiger partial charge in [-0.05, 0) is 12.1 Å². The molecule has 0 spiro atoms. The Morgan fingerprint density at radius 2 is 2.06 bits per heavy atom. The Bertz CT molecular complexity index is 427. The largest absolute Gasteiger partial charge is 0.335 e. The molecule has 1 heterocycles. The van der Waals surface area contributed by atoms with E-state index < -0.39 is 5.82 Å². The number of hydrogen-bond donors (Lipinski definition) is 1. The molecule has 1 atom stereocenters. The second-order valence-electron chi connectivity index (χ2n) is 3.45. The van der Waals surface area contributed by atoms with Crippen LogP contribution in [0.2, 0.25) is 10.0 Å². The van der Waals surface area contributed by atoms with Crippen LogP contribution in [-0.4, -0.2) is 17.0 Å². The highest BCUT2D eigenvalue weighted by Gasteiger charge is 2.16. The maximum absolute atomic E-state index is 13.2. The van der Waals surface area contributed by atoms with Gasteiger partial charge in [0.15, 0.2) is 11.0 Å². The summed E-state index contributed by atoms with van der Waals surface area (Å²) in [5.74, 6) is -0.594. The lowest BCUT2D eigenvalue weighted by atomic mass is 10.3. The molecule has 0 bridgehead atoms. The molecule has 1 N–H and O–H groups in total. The van der Waals surface area contributed by atoms with Crippen molar-refractivity contribution in [2.24, 2.45) is 4.99 Å². The van der Waals surface area contributed by atoms with Gasteiger partial charge in [-0.2, -0.15) is 0 Å². The molecule has 1 unspecified atom stereocenters. The SMILES string of the molecule is CC1CN=C(Nc2cc(Cl)c(F)c(Cl)c2)S1.